The average Bonchev–Trinajstić information content (AvgIpc) is 2.81. The predicted molar refractivity (Wildman–Crippen MR) is 69.7 cm³/mol. The van der Waals surface area contributed by atoms with Gasteiger partial charge in [-0.15, -0.1) is 0 Å². The summed E-state index contributed by atoms with van der Waals surface area (Å²) in [6.07, 6.45) is 4.29. The second-order valence-corrected chi connectivity index (χ2v) is 4.89. The molecule has 18 heavy (non-hydrogen) atoms. The Morgan fingerprint density at radius 2 is 2.22 bits per heavy atom. The van der Waals surface area contributed by atoms with Gasteiger partial charge >= 0.3 is 0 Å². The molecule has 1 aliphatic carbocycles. The second-order valence-electron chi connectivity index (χ2n) is 4.89. The quantitative estimate of drug-likeness (QED) is 0.821. The lowest BCUT2D eigenvalue weighted by molar-refractivity contribution is -0.132. The summed E-state index contributed by atoms with van der Waals surface area (Å²) in [6.45, 7) is 4.55. The van der Waals surface area contributed by atoms with E-state index in [0.717, 1.165) is 24.1 Å². The van der Waals surface area contributed by atoms with Gasteiger partial charge in [-0.25, -0.2) is 0 Å². The molecule has 0 aromatic carbocycles. The molecule has 2 rings (SSSR count). The Balaban J connectivity index is 2.29. The largest absolute Gasteiger partial charge is 0.344 e. The zero-order valence-corrected chi connectivity index (χ0v) is 11.3. The molecule has 0 spiro atoms. The van der Waals surface area contributed by atoms with Crippen molar-refractivity contribution in [2.75, 3.05) is 13.6 Å². The molecule has 1 aromatic rings. The number of hydrogen-bond donors (Lipinski definition) is 0. The van der Waals surface area contributed by atoms with Gasteiger partial charge in [-0.05, 0) is 32.8 Å². The summed E-state index contributed by atoms with van der Waals surface area (Å²) in [7, 11) is 1.81. The molecule has 1 atom stereocenters. The van der Waals surface area contributed by atoms with Crippen molar-refractivity contribution < 1.29 is 9.59 Å². The fraction of sp³-hybridized carbons (Fsp3) is 0.571. The van der Waals surface area contributed by atoms with E-state index in [1.807, 2.05) is 30.7 Å². The third kappa shape index (κ3) is 2.07. The van der Waals surface area contributed by atoms with Crippen LogP contribution < -0.4 is 0 Å². The summed E-state index contributed by atoms with van der Waals surface area (Å²) in [5.41, 5.74) is 1.83. The van der Waals surface area contributed by atoms with Gasteiger partial charge in [0.25, 0.3) is 0 Å². The molecule has 0 N–H and O–H groups in total. The van der Waals surface area contributed by atoms with Crippen LogP contribution in [-0.2, 0) is 11.2 Å². The Hall–Kier alpha value is -1.58. The van der Waals surface area contributed by atoms with Crippen molar-refractivity contribution in [1.82, 2.24) is 9.47 Å². The molecule has 0 fully saturated rings. The first-order chi connectivity index (χ1) is 8.56. The predicted octanol–water partition coefficient (Wildman–Crippen LogP) is 2.05. The fourth-order valence-corrected chi connectivity index (χ4v) is 2.51. The van der Waals surface area contributed by atoms with E-state index in [4.69, 9.17) is 0 Å². The highest BCUT2D eigenvalue weighted by Crippen LogP contribution is 2.25. The van der Waals surface area contributed by atoms with Crippen LogP contribution >= 0.6 is 0 Å². The van der Waals surface area contributed by atoms with Crippen LogP contribution in [0.4, 0.5) is 0 Å². The van der Waals surface area contributed by atoms with Gasteiger partial charge in [-0.2, -0.15) is 0 Å². The highest BCUT2D eigenvalue weighted by Gasteiger charge is 2.25. The molecular weight excluding hydrogens is 228 g/mol. The number of nitrogens with zero attached hydrogens (tertiary/aromatic N) is 2. The number of Topliss-reactive ketones (excluding diaryl/α,β-unsaturated/α-hetero) is 1. The molecule has 1 amide bonds. The number of ketones is 1. The molecule has 1 unspecified atom stereocenters. The summed E-state index contributed by atoms with van der Waals surface area (Å²) in [6, 6.07) is 1.62. The minimum atomic E-state index is -0.232. The Kier molecular flexibility index (Phi) is 3.55. The van der Waals surface area contributed by atoms with Crippen LogP contribution in [0.5, 0.6) is 0 Å². The Morgan fingerprint density at radius 1 is 1.50 bits per heavy atom. The van der Waals surface area contributed by atoms with E-state index >= 15 is 0 Å². The first-order valence-corrected chi connectivity index (χ1v) is 6.54. The van der Waals surface area contributed by atoms with Crippen molar-refractivity contribution in [2.24, 2.45) is 0 Å². The van der Waals surface area contributed by atoms with Crippen LogP contribution in [0.15, 0.2) is 12.3 Å². The Labute approximate surface area is 108 Å². The van der Waals surface area contributed by atoms with Crippen molar-refractivity contribution in [3.05, 3.63) is 23.5 Å². The van der Waals surface area contributed by atoms with E-state index < -0.39 is 0 Å². The highest BCUT2D eigenvalue weighted by atomic mass is 16.2. The monoisotopic (exact) mass is 248 g/mol. The third-order valence-corrected chi connectivity index (χ3v) is 3.77. The van der Waals surface area contributed by atoms with Gasteiger partial charge in [-0.3, -0.25) is 9.59 Å². The van der Waals surface area contributed by atoms with Crippen LogP contribution in [0.25, 0.3) is 0 Å². The molecule has 0 aliphatic heterocycles. The summed E-state index contributed by atoms with van der Waals surface area (Å²) in [5.74, 6) is 0.299. The van der Waals surface area contributed by atoms with Gasteiger partial charge in [0.15, 0.2) is 5.78 Å². The van der Waals surface area contributed by atoms with Crippen molar-refractivity contribution in [3.8, 4) is 0 Å². The van der Waals surface area contributed by atoms with E-state index in [2.05, 4.69) is 0 Å². The Bertz CT molecular complexity index is 476. The SMILES string of the molecule is CCN(C)C(=O)C(C)n1ccc2c1CCCC2=O. The Morgan fingerprint density at radius 3 is 2.89 bits per heavy atom. The van der Waals surface area contributed by atoms with Gasteiger partial charge in [0.05, 0.1) is 0 Å². The lowest BCUT2D eigenvalue weighted by Crippen LogP contribution is -2.33. The van der Waals surface area contributed by atoms with Crippen molar-refractivity contribution in [2.45, 2.75) is 39.2 Å². The summed E-state index contributed by atoms with van der Waals surface area (Å²) in [4.78, 5) is 25.6. The molecule has 1 aromatic heterocycles. The first-order valence-electron chi connectivity index (χ1n) is 6.54. The topological polar surface area (TPSA) is 42.3 Å². The summed E-state index contributed by atoms with van der Waals surface area (Å²) >= 11 is 0. The molecule has 4 heteroatoms. The van der Waals surface area contributed by atoms with E-state index in [1.165, 1.54) is 0 Å². The number of carbonyl (C=O) groups is 2. The molecule has 0 saturated carbocycles. The number of carbonyl (C=O) groups excluding carboxylic acids is 2. The lowest BCUT2D eigenvalue weighted by Gasteiger charge is -2.24. The number of amides is 1. The molecule has 1 heterocycles. The number of aromatic nitrogens is 1. The van der Waals surface area contributed by atoms with Crippen molar-refractivity contribution >= 4 is 11.7 Å². The van der Waals surface area contributed by atoms with Crippen LogP contribution in [0.2, 0.25) is 0 Å². The smallest absolute Gasteiger partial charge is 0.245 e. The van der Waals surface area contributed by atoms with E-state index in [1.54, 1.807) is 11.9 Å². The van der Waals surface area contributed by atoms with Gasteiger partial charge in [-0.1, -0.05) is 0 Å². The summed E-state index contributed by atoms with van der Waals surface area (Å²) < 4.78 is 1.96. The first kappa shape index (κ1) is 12.9. The molecular formula is C14H20N2O2. The van der Waals surface area contributed by atoms with E-state index in [-0.39, 0.29) is 17.7 Å². The lowest BCUT2D eigenvalue weighted by atomic mass is 9.96. The van der Waals surface area contributed by atoms with Crippen LogP contribution in [0.3, 0.4) is 0 Å². The molecule has 0 bridgehead atoms. The van der Waals surface area contributed by atoms with Crippen LogP contribution in [0.1, 0.15) is 48.8 Å². The van der Waals surface area contributed by atoms with E-state index in [0.29, 0.717) is 13.0 Å². The summed E-state index contributed by atoms with van der Waals surface area (Å²) in [5, 5.41) is 0. The van der Waals surface area contributed by atoms with Crippen LogP contribution in [0, 0.1) is 0 Å². The number of rotatable bonds is 3. The minimum Gasteiger partial charge on any atom is -0.344 e. The minimum absolute atomic E-state index is 0.0916. The van der Waals surface area contributed by atoms with Gasteiger partial charge in [0.1, 0.15) is 6.04 Å². The zero-order valence-electron chi connectivity index (χ0n) is 11.3. The van der Waals surface area contributed by atoms with Gasteiger partial charge in [0, 0.05) is 37.5 Å². The normalized spacial score (nSPS) is 16.3. The number of fused-ring (bicyclic) bond motifs is 1. The second kappa shape index (κ2) is 4.96. The standard InChI is InChI=1S/C14H20N2O2/c1-4-15(3)14(18)10(2)16-9-8-11-12(16)6-5-7-13(11)17/h8-10H,4-7H2,1-3H3. The van der Waals surface area contributed by atoms with Crippen LogP contribution in [-0.4, -0.2) is 34.7 Å². The maximum absolute atomic E-state index is 12.2. The molecule has 1 aliphatic rings. The maximum Gasteiger partial charge on any atom is 0.245 e. The number of hydrogen-bond acceptors (Lipinski definition) is 2. The number of likely N-dealkylation sites (N-methyl/N-ethyl adjacent to an activating group) is 1. The molecule has 4 nitrogen and oxygen atoms in total. The fourth-order valence-electron chi connectivity index (χ4n) is 2.51. The molecule has 98 valence electrons. The van der Waals surface area contributed by atoms with E-state index in [9.17, 15) is 9.59 Å². The maximum atomic E-state index is 12.2. The molecule has 0 saturated heterocycles. The third-order valence-electron chi connectivity index (χ3n) is 3.77. The molecule has 0 radical (unpaired) electrons. The highest BCUT2D eigenvalue weighted by molar-refractivity contribution is 5.98. The van der Waals surface area contributed by atoms with Crippen molar-refractivity contribution in [3.63, 3.8) is 0 Å². The van der Waals surface area contributed by atoms with Gasteiger partial charge in [0.2, 0.25) is 5.91 Å². The zero-order chi connectivity index (χ0) is 13.3. The van der Waals surface area contributed by atoms with Gasteiger partial charge < -0.3 is 9.47 Å². The van der Waals surface area contributed by atoms with Crippen molar-refractivity contribution in [1.29, 1.82) is 0 Å². The average molecular weight is 248 g/mol.